The van der Waals surface area contributed by atoms with Crippen molar-refractivity contribution in [3.63, 3.8) is 0 Å². The van der Waals surface area contributed by atoms with Gasteiger partial charge in [-0.3, -0.25) is 5.43 Å². The molecular weight excluding hydrogens is 190 g/mol. The molecule has 7 nitrogen and oxygen atoms in total. The summed E-state index contributed by atoms with van der Waals surface area (Å²) in [6.45, 7) is 3.51. The van der Waals surface area contributed by atoms with E-state index in [0.29, 0.717) is 0 Å². The highest BCUT2D eigenvalue weighted by Crippen LogP contribution is 1.94. The molecular formula is C7H13N3O4. The smallest absolute Gasteiger partial charge is 0.342 e. The molecule has 0 bridgehead atoms. The van der Waals surface area contributed by atoms with Gasteiger partial charge in [0.25, 0.3) is 0 Å². The molecule has 0 aromatic carbocycles. The largest absolute Gasteiger partial charge is 0.464 e. The van der Waals surface area contributed by atoms with Crippen LogP contribution in [0.1, 0.15) is 13.8 Å². The molecule has 0 saturated carbocycles. The standard InChI is InChI=1S/C7H13N3O4/c1-3-13-6(11)5(9-10-8)7(12)14-4-2/h5H,3-4H2,1-2H3,(H2,8,9). The summed E-state index contributed by atoms with van der Waals surface area (Å²) in [6, 6.07) is -1.35. The van der Waals surface area contributed by atoms with Crippen molar-refractivity contribution in [2.24, 2.45) is 5.22 Å². The Kier molecular flexibility index (Phi) is 6.01. The Morgan fingerprint density at radius 1 is 1.29 bits per heavy atom. The van der Waals surface area contributed by atoms with Crippen molar-refractivity contribution in [2.75, 3.05) is 13.2 Å². The third-order valence-corrected chi connectivity index (χ3v) is 1.24. The van der Waals surface area contributed by atoms with Crippen molar-refractivity contribution in [2.45, 2.75) is 19.9 Å². The summed E-state index contributed by atoms with van der Waals surface area (Å²) in [5, 5.41) is 2.74. The van der Waals surface area contributed by atoms with E-state index in [9.17, 15) is 9.59 Å². The molecule has 2 N–H and O–H groups in total. The predicted octanol–water partition coefficient (Wildman–Crippen LogP) is 0.0168. The summed E-state index contributed by atoms with van der Waals surface area (Å²) in [5.74, 6) is -1.61. The third-order valence-electron chi connectivity index (χ3n) is 1.24. The van der Waals surface area contributed by atoms with Crippen molar-refractivity contribution in [1.29, 1.82) is 5.53 Å². The monoisotopic (exact) mass is 203 g/mol. The lowest BCUT2D eigenvalue weighted by atomic mass is 10.3. The first-order valence-corrected chi connectivity index (χ1v) is 4.12. The van der Waals surface area contributed by atoms with Gasteiger partial charge in [-0.1, -0.05) is 5.22 Å². The minimum atomic E-state index is -1.35. The molecule has 0 aliphatic carbocycles. The van der Waals surface area contributed by atoms with Crippen molar-refractivity contribution in [3.05, 3.63) is 0 Å². The van der Waals surface area contributed by atoms with Crippen LogP contribution in [0.25, 0.3) is 0 Å². The quantitative estimate of drug-likeness (QED) is 0.274. The van der Waals surface area contributed by atoms with E-state index < -0.39 is 18.0 Å². The van der Waals surface area contributed by atoms with Crippen LogP contribution in [0.3, 0.4) is 0 Å². The first-order chi connectivity index (χ1) is 6.67. The van der Waals surface area contributed by atoms with E-state index in [2.05, 4.69) is 14.7 Å². The molecule has 0 aromatic heterocycles. The van der Waals surface area contributed by atoms with Crippen LogP contribution in [-0.2, 0) is 19.1 Å². The maximum absolute atomic E-state index is 11.1. The second-order valence-electron chi connectivity index (χ2n) is 2.18. The average molecular weight is 203 g/mol. The van der Waals surface area contributed by atoms with Crippen LogP contribution in [0.4, 0.5) is 0 Å². The fraction of sp³-hybridized carbons (Fsp3) is 0.714. The van der Waals surface area contributed by atoms with E-state index in [4.69, 9.17) is 5.53 Å². The summed E-state index contributed by atoms with van der Waals surface area (Å²) >= 11 is 0. The molecule has 0 heterocycles. The summed E-state index contributed by atoms with van der Waals surface area (Å²) in [7, 11) is 0. The lowest BCUT2D eigenvalue weighted by molar-refractivity contribution is -0.158. The van der Waals surface area contributed by atoms with Crippen molar-refractivity contribution in [3.8, 4) is 0 Å². The van der Waals surface area contributed by atoms with Gasteiger partial charge < -0.3 is 9.47 Å². The van der Waals surface area contributed by atoms with Gasteiger partial charge in [0.15, 0.2) is 0 Å². The van der Waals surface area contributed by atoms with Crippen LogP contribution in [0.2, 0.25) is 0 Å². The Bertz CT molecular complexity index is 201. The molecule has 0 spiro atoms. The number of rotatable bonds is 6. The van der Waals surface area contributed by atoms with Gasteiger partial charge in [-0.15, -0.1) is 0 Å². The summed E-state index contributed by atoms with van der Waals surface area (Å²) in [4.78, 5) is 22.2. The SMILES string of the molecule is CCOC(=O)C(NN=N)C(=O)OCC. The lowest BCUT2D eigenvalue weighted by Crippen LogP contribution is -2.43. The van der Waals surface area contributed by atoms with E-state index in [-0.39, 0.29) is 13.2 Å². The molecule has 0 saturated heterocycles. The number of esters is 2. The van der Waals surface area contributed by atoms with Crippen LogP contribution in [0.15, 0.2) is 5.22 Å². The van der Waals surface area contributed by atoms with Gasteiger partial charge in [0.05, 0.1) is 13.2 Å². The highest BCUT2D eigenvalue weighted by molar-refractivity contribution is 5.99. The van der Waals surface area contributed by atoms with Gasteiger partial charge in [0.1, 0.15) is 0 Å². The number of hydrogen-bond donors (Lipinski definition) is 2. The molecule has 0 fully saturated rings. The molecule has 0 aliphatic rings. The average Bonchev–Trinajstić information content (AvgIpc) is 2.14. The maximum atomic E-state index is 11.1. The van der Waals surface area contributed by atoms with Gasteiger partial charge in [-0.25, -0.2) is 9.59 Å². The number of nitrogens with one attached hydrogen (secondary N) is 2. The van der Waals surface area contributed by atoms with E-state index in [1.807, 2.05) is 5.43 Å². The number of carbonyl (C=O) groups excluding carboxylic acids is 2. The third kappa shape index (κ3) is 3.83. The first-order valence-electron chi connectivity index (χ1n) is 4.12. The van der Waals surface area contributed by atoms with Crippen molar-refractivity contribution >= 4 is 11.9 Å². The number of ether oxygens (including phenoxy) is 2. The zero-order valence-corrected chi connectivity index (χ0v) is 8.07. The number of hydrogen-bond acceptors (Lipinski definition) is 6. The number of carbonyl (C=O) groups is 2. The molecule has 14 heavy (non-hydrogen) atoms. The topological polar surface area (TPSA) is 101 Å². The first kappa shape index (κ1) is 12.3. The second kappa shape index (κ2) is 6.81. The van der Waals surface area contributed by atoms with E-state index in [0.717, 1.165) is 0 Å². The van der Waals surface area contributed by atoms with Crippen molar-refractivity contribution in [1.82, 2.24) is 5.43 Å². The molecule has 0 amide bonds. The fourth-order valence-electron chi connectivity index (χ4n) is 0.717. The Hall–Kier alpha value is -1.66. The Morgan fingerprint density at radius 2 is 1.71 bits per heavy atom. The van der Waals surface area contributed by atoms with Gasteiger partial charge in [-0.2, -0.15) is 5.53 Å². The Balaban J connectivity index is 4.33. The minimum Gasteiger partial charge on any atom is -0.464 e. The van der Waals surface area contributed by atoms with E-state index in [1.54, 1.807) is 13.8 Å². The predicted molar refractivity (Wildman–Crippen MR) is 45.3 cm³/mol. The molecule has 0 atom stereocenters. The second-order valence-corrected chi connectivity index (χ2v) is 2.18. The van der Waals surface area contributed by atoms with Crippen LogP contribution >= 0.6 is 0 Å². The Morgan fingerprint density at radius 3 is 2.00 bits per heavy atom. The van der Waals surface area contributed by atoms with Gasteiger partial charge in [0, 0.05) is 0 Å². The maximum Gasteiger partial charge on any atom is 0.342 e. The number of nitrogens with zero attached hydrogens (tertiary/aromatic N) is 1. The van der Waals surface area contributed by atoms with Gasteiger partial charge in [0.2, 0.25) is 6.04 Å². The van der Waals surface area contributed by atoms with Crippen molar-refractivity contribution < 1.29 is 19.1 Å². The zero-order valence-electron chi connectivity index (χ0n) is 8.07. The van der Waals surface area contributed by atoms with Crippen LogP contribution in [0, 0.1) is 5.53 Å². The fourth-order valence-corrected chi connectivity index (χ4v) is 0.717. The molecule has 0 radical (unpaired) electrons. The van der Waals surface area contributed by atoms with Gasteiger partial charge >= 0.3 is 11.9 Å². The lowest BCUT2D eigenvalue weighted by Gasteiger charge is -2.12. The van der Waals surface area contributed by atoms with E-state index >= 15 is 0 Å². The molecule has 80 valence electrons. The summed E-state index contributed by atoms with van der Waals surface area (Å²) < 4.78 is 9.16. The zero-order chi connectivity index (χ0) is 11.0. The summed E-state index contributed by atoms with van der Waals surface area (Å²) in [6.07, 6.45) is 0. The molecule has 0 aromatic rings. The van der Waals surface area contributed by atoms with E-state index in [1.165, 1.54) is 0 Å². The molecule has 0 rings (SSSR count). The highest BCUT2D eigenvalue weighted by Gasteiger charge is 2.29. The van der Waals surface area contributed by atoms with Crippen LogP contribution < -0.4 is 5.43 Å². The normalized spacial score (nSPS) is 9.36. The summed E-state index contributed by atoms with van der Waals surface area (Å²) in [5.41, 5.74) is 8.48. The Labute approximate surface area is 81.2 Å². The highest BCUT2D eigenvalue weighted by atomic mass is 16.6. The molecule has 0 aliphatic heterocycles. The van der Waals surface area contributed by atoms with Crippen LogP contribution in [-0.4, -0.2) is 31.2 Å². The van der Waals surface area contributed by atoms with Gasteiger partial charge in [-0.05, 0) is 13.8 Å². The molecule has 7 heteroatoms. The molecule has 0 unspecified atom stereocenters. The minimum absolute atomic E-state index is 0.147. The van der Waals surface area contributed by atoms with Crippen LogP contribution in [0.5, 0.6) is 0 Å².